The molecule has 0 bridgehead atoms. The summed E-state index contributed by atoms with van der Waals surface area (Å²) in [7, 11) is -1.72. The van der Waals surface area contributed by atoms with E-state index in [0.717, 1.165) is 12.8 Å². The predicted molar refractivity (Wildman–Crippen MR) is 68.3 cm³/mol. The Bertz CT molecular complexity index is 416. The van der Waals surface area contributed by atoms with E-state index in [1.807, 2.05) is 0 Å². The maximum absolute atomic E-state index is 11.8. The van der Waals surface area contributed by atoms with Crippen molar-refractivity contribution in [3.05, 3.63) is 15.9 Å². The molecule has 0 atom stereocenters. The van der Waals surface area contributed by atoms with Crippen LogP contribution in [-0.2, 0) is 14.8 Å². The summed E-state index contributed by atoms with van der Waals surface area (Å²) >= 11 is 4.41. The highest BCUT2D eigenvalue weighted by molar-refractivity contribution is 9.10. The fourth-order valence-corrected chi connectivity index (χ4v) is 4.57. The molecule has 1 heterocycles. The first-order chi connectivity index (χ1) is 7.58. The molecule has 0 radical (unpaired) electrons. The molecule has 0 unspecified atom stereocenters. The minimum atomic E-state index is -3.35. The zero-order valence-electron chi connectivity index (χ0n) is 8.90. The van der Waals surface area contributed by atoms with E-state index in [1.165, 1.54) is 11.3 Å². The highest BCUT2D eigenvalue weighted by Crippen LogP contribution is 2.27. The SMILES string of the molecule is COCCCCNS(=O)(=O)c1sccc1Br. The molecular formula is C9H14BrNO3S2. The molecule has 0 aliphatic heterocycles. The number of hydrogen-bond acceptors (Lipinski definition) is 4. The molecule has 1 aromatic heterocycles. The Balaban J connectivity index is 2.45. The Labute approximate surface area is 108 Å². The molecular weight excluding hydrogens is 314 g/mol. The van der Waals surface area contributed by atoms with E-state index in [9.17, 15) is 8.42 Å². The van der Waals surface area contributed by atoms with Gasteiger partial charge in [-0.05, 0) is 40.2 Å². The molecule has 0 fully saturated rings. The molecule has 0 saturated heterocycles. The number of unbranched alkanes of at least 4 members (excludes halogenated alkanes) is 1. The second-order valence-corrected chi connectivity index (χ2v) is 6.89. The summed E-state index contributed by atoms with van der Waals surface area (Å²) in [6, 6.07) is 1.73. The van der Waals surface area contributed by atoms with Gasteiger partial charge in [0.15, 0.2) is 0 Å². The average molecular weight is 328 g/mol. The number of rotatable bonds is 7. The number of thiophene rings is 1. The Hall–Kier alpha value is 0.0500. The summed E-state index contributed by atoms with van der Waals surface area (Å²) in [5.41, 5.74) is 0. The normalized spacial score (nSPS) is 11.9. The number of halogens is 1. The maximum Gasteiger partial charge on any atom is 0.251 e. The second-order valence-electron chi connectivity index (χ2n) is 3.15. The number of hydrogen-bond donors (Lipinski definition) is 1. The van der Waals surface area contributed by atoms with Crippen molar-refractivity contribution in [2.45, 2.75) is 17.1 Å². The van der Waals surface area contributed by atoms with Gasteiger partial charge in [0.2, 0.25) is 0 Å². The van der Waals surface area contributed by atoms with E-state index in [4.69, 9.17) is 4.74 Å². The Morgan fingerprint density at radius 2 is 2.25 bits per heavy atom. The lowest BCUT2D eigenvalue weighted by Gasteiger charge is -2.05. The maximum atomic E-state index is 11.8. The van der Waals surface area contributed by atoms with Gasteiger partial charge in [0.05, 0.1) is 0 Å². The predicted octanol–water partition coefficient (Wildman–Crippen LogP) is 2.22. The summed E-state index contributed by atoms with van der Waals surface area (Å²) < 4.78 is 32.0. The lowest BCUT2D eigenvalue weighted by Crippen LogP contribution is -2.24. The van der Waals surface area contributed by atoms with Crippen molar-refractivity contribution < 1.29 is 13.2 Å². The van der Waals surface area contributed by atoms with Gasteiger partial charge in [-0.2, -0.15) is 0 Å². The second kappa shape index (κ2) is 6.70. The van der Waals surface area contributed by atoms with Crippen LogP contribution in [0.2, 0.25) is 0 Å². The van der Waals surface area contributed by atoms with Crippen molar-refractivity contribution in [3.8, 4) is 0 Å². The van der Waals surface area contributed by atoms with E-state index >= 15 is 0 Å². The zero-order chi connectivity index (χ0) is 12.0. The molecule has 16 heavy (non-hydrogen) atoms. The van der Waals surface area contributed by atoms with E-state index in [0.29, 0.717) is 21.8 Å². The molecule has 0 amide bonds. The topological polar surface area (TPSA) is 55.4 Å². The van der Waals surface area contributed by atoms with Crippen LogP contribution >= 0.6 is 27.3 Å². The van der Waals surface area contributed by atoms with Crippen molar-refractivity contribution in [3.63, 3.8) is 0 Å². The van der Waals surface area contributed by atoms with Crippen molar-refractivity contribution in [1.82, 2.24) is 4.72 Å². The van der Waals surface area contributed by atoms with Crippen LogP contribution in [-0.4, -0.2) is 28.7 Å². The van der Waals surface area contributed by atoms with E-state index in [2.05, 4.69) is 20.7 Å². The quantitative estimate of drug-likeness (QED) is 0.781. The average Bonchev–Trinajstić information content (AvgIpc) is 2.65. The fourth-order valence-electron chi connectivity index (χ4n) is 1.12. The van der Waals surface area contributed by atoms with Crippen molar-refractivity contribution in [2.75, 3.05) is 20.3 Å². The molecule has 92 valence electrons. The largest absolute Gasteiger partial charge is 0.385 e. The zero-order valence-corrected chi connectivity index (χ0v) is 12.1. The van der Waals surface area contributed by atoms with Crippen LogP contribution in [0.25, 0.3) is 0 Å². The van der Waals surface area contributed by atoms with Gasteiger partial charge in [0.1, 0.15) is 4.21 Å². The van der Waals surface area contributed by atoms with Crippen LogP contribution in [0.1, 0.15) is 12.8 Å². The van der Waals surface area contributed by atoms with Crippen LogP contribution in [0.5, 0.6) is 0 Å². The Kier molecular flexibility index (Phi) is 5.91. The minimum absolute atomic E-state index is 0.333. The summed E-state index contributed by atoms with van der Waals surface area (Å²) in [6.07, 6.45) is 1.63. The third-order valence-electron chi connectivity index (χ3n) is 1.90. The van der Waals surface area contributed by atoms with Gasteiger partial charge in [0.25, 0.3) is 10.0 Å². The highest BCUT2D eigenvalue weighted by Gasteiger charge is 2.17. The Morgan fingerprint density at radius 1 is 1.50 bits per heavy atom. The van der Waals surface area contributed by atoms with Gasteiger partial charge < -0.3 is 4.74 Å². The van der Waals surface area contributed by atoms with Gasteiger partial charge in [0, 0.05) is 24.7 Å². The van der Waals surface area contributed by atoms with Crippen LogP contribution < -0.4 is 4.72 Å². The number of ether oxygens (including phenoxy) is 1. The van der Waals surface area contributed by atoms with E-state index in [1.54, 1.807) is 18.6 Å². The van der Waals surface area contributed by atoms with Crippen molar-refractivity contribution in [1.29, 1.82) is 0 Å². The van der Waals surface area contributed by atoms with Gasteiger partial charge in [-0.1, -0.05) is 0 Å². The smallest absolute Gasteiger partial charge is 0.251 e. The lowest BCUT2D eigenvalue weighted by molar-refractivity contribution is 0.193. The van der Waals surface area contributed by atoms with Gasteiger partial charge in [-0.15, -0.1) is 11.3 Å². The fraction of sp³-hybridized carbons (Fsp3) is 0.556. The summed E-state index contributed by atoms with van der Waals surface area (Å²) in [5.74, 6) is 0. The van der Waals surface area contributed by atoms with Crippen molar-refractivity contribution in [2.24, 2.45) is 0 Å². The number of nitrogens with one attached hydrogen (secondary N) is 1. The molecule has 0 aliphatic rings. The number of methoxy groups -OCH3 is 1. The minimum Gasteiger partial charge on any atom is -0.385 e. The highest BCUT2D eigenvalue weighted by atomic mass is 79.9. The van der Waals surface area contributed by atoms with E-state index < -0.39 is 10.0 Å². The molecule has 7 heteroatoms. The molecule has 1 N–H and O–H groups in total. The molecule has 0 saturated carbocycles. The molecule has 0 aliphatic carbocycles. The van der Waals surface area contributed by atoms with Crippen LogP contribution in [0.3, 0.4) is 0 Å². The van der Waals surface area contributed by atoms with Gasteiger partial charge in [-0.3, -0.25) is 0 Å². The molecule has 1 rings (SSSR count). The summed E-state index contributed by atoms with van der Waals surface area (Å²) in [4.78, 5) is 0. The first-order valence-corrected chi connectivity index (χ1v) is 7.95. The molecule has 0 spiro atoms. The van der Waals surface area contributed by atoms with Gasteiger partial charge in [-0.25, -0.2) is 13.1 Å². The molecule has 1 aromatic rings. The monoisotopic (exact) mass is 327 g/mol. The summed E-state index contributed by atoms with van der Waals surface area (Å²) in [5, 5.41) is 1.74. The van der Waals surface area contributed by atoms with E-state index in [-0.39, 0.29) is 0 Å². The van der Waals surface area contributed by atoms with Crippen LogP contribution in [0.4, 0.5) is 0 Å². The van der Waals surface area contributed by atoms with Crippen LogP contribution in [0.15, 0.2) is 20.1 Å². The number of sulfonamides is 1. The van der Waals surface area contributed by atoms with Gasteiger partial charge >= 0.3 is 0 Å². The third-order valence-corrected chi connectivity index (χ3v) is 6.03. The summed E-state index contributed by atoms with van der Waals surface area (Å²) in [6.45, 7) is 1.10. The third kappa shape index (κ3) is 4.14. The van der Waals surface area contributed by atoms with Crippen LogP contribution in [0, 0.1) is 0 Å². The standard InChI is InChI=1S/C9H14BrNO3S2/c1-14-6-3-2-5-11-16(12,13)9-8(10)4-7-15-9/h4,7,11H,2-3,5-6H2,1H3. The van der Waals surface area contributed by atoms with Crippen molar-refractivity contribution >= 4 is 37.3 Å². The Morgan fingerprint density at radius 3 is 2.81 bits per heavy atom. The lowest BCUT2D eigenvalue weighted by atomic mass is 10.3. The molecule has 0 aromatic carbocycles. The molecule has 4 nitrogen and oxygen atoms in total. The first kappa shape index (κ1) is 14.1. The first-order valence-electron chi connectivity index (χ1n) is 4.79.